The molecule has 2 N–H and O–H groups in total. The molecule has 3 rings (SSSR count). The summed E-state index contributed by atoms with van der Waals surface area (Å²) in [5, 5.41) is 3.97. The molecule has 1 aromatic carbocycles. The zero-order valence-electron chi connectivity index (χ0n) is 11.5. The molecule has 6 heteroatoms. The normalized spacial score (nSPS) is 19.2. The Morgan fingerprint density at radius 1 is 1.25 bits per heavy atom. The Morgan fingerprint density at radius 3 is 2.85 bits per heavy atom. The summed E-state index contributed by atoms with van der Waals surface area (Å²) in [6.45, 7) is 5.55. The molecule has 6 nitrogen and oxygen atoms in total. The molecule has 1 aromatic heterocycles. The lowest BCUT2D eigenvalue weighted by Gasteiger charge is -2.19. The Hall–Kier alpha value is -1.92. The number of nitrogen functional groups attached to an aromatic ring is 1. The number of anilines is 1. The summed E-state index contributed by atoms with van der Waals surface area (Å²) < 4.78 is 16.2. The Balaban J connectivity index is 1.93. The smallest absolute Gasteiger partial charge is 0.260 e. The van der Waals surface area contributed by atoms with Crippen molar-refractivity contribution < 1.29 is 14.0 Å². The fraction of sp³-hybridized carbons (Fsp3) is 0.429. The fourth-order valence-corrected chi connectivity index (χ4v) is 2.27. The Labute approximate surface area is 116 Å². The van der Waals surface area contributed by atoms with Crippen molar-refractivity contribution in [3.63, 3.8) is 0 Å². The van der Waals surface area contributed by atoms with Crippen LogP contribution >= 0.6 is 0 Å². The number of nitrogens with two attached hydrogens (primary N) is 1. The van der Waals surface area contributed by atoms with Crippen molar-refractivity contribution in [2.45, 2.75) is 20.0 Å². The van der Waals surface area contributed by atoms with Crippen molar-refractivity contribution in [2.75, 3.05) is 25.6 Å². The maximum absolute atomic E-state index is 6.09. The third-order valence-corrected chi connectivity index (χ3v) is 3.31. The van der Waals surface area contributed by atoms with E-state index in [0.29, 0.717) is 37.2 Å². The Morgan fingerprint density at radius 2 is 2.10 bits per heavy atom. The van der Waals surface area contributed by atoms with E-state index in [1.54, 1.807) is 0 Å². The van der Waals surface area contributed by atoms with Crippen molar-refractivity contribution in [2.24, 2.45) is 0 Å². The van der Waals surface area contributed by atoms with Crippen LogP contribution in [0.2, 0.25) is 0 Å². The summed E-state index contributed by atoms with van der Waals surface area (Å²) in [5.41, 5.74) is 9.61. The van der Waals surface area contributed by atoms with E-state index in [-0.39, 0.29) is 6.10 Å². The molecule has 1 fully saturated rings. The second-order valence-electron chi connectivity index (χ2n) is 4.94. The molecule has 2 aromatic rings. The first-order chi connectivity index (χ1) is 9.65. The molecule has 1 saturated heterocycles. The second kappa shape index (κ2) is 5.22. The van der Waals surface area contributed by atoms with E-state index in [1.807, 2.05) is 26.0 Å². The van der Waals surface area contributed by atoms with Crippen LogP contribution in [0.25, 0.3) is 11.5 Å². The van der Waals surface area contributed by atoms with E-state index >= 15 is 0 Å². The van der Waals surface area contributed by atoms with Gasteiger partial charge < -0.3 is 19.7 Å². The Bertz CT molecular complexity index is 618. The molecule has 106 valence electrons. The van der Waals surface area contributed by atoms with Crippen molar-refractivity contribution in [3.8, 4) is 11.5 Å². The van der Waals surface area contributed by atoms with E-state index in [9.17, 15) is 0 Å². The van der Waals surface area contributed by atoms with Gasteiger partial charge in [-0.25, -0.2) is 0 Å². The third-order valence-electron chi connectivity index (χ3n) is 3.31. The number of nitrogens with zero attached hydrogens (tertiary/aromatic N) is 2. The fourth-order valence-electron chi connectivity index (χ4n) is 2.27. The average Bonchev–Trinajstić information content (AvgIpc) is 2.93. The van der Waals surface area contributed by atoms with E-state index in [0.717, 1.165) is 16.7 Å². The molecule has 1 aliphatic heterocycles. The molecule has 1 atom stereocenters. The van der Waals surface area contributed by atoms with Crippen LogP contribution in [0.3, 0.4) is 0 Å². The molecule has 0 bridgehead atoms. The lowest BCUT2D eigenvalue weighted by molar-refractivity contribution is -0.0941. The van der Waals surface area contributed by atoms with Gasteiger partial charge >= 0.3 is 0 Å². The summed E-state index contributed by atoms with van der Waals surface area (Å²) in [6, 6.07) is 3.96. The van der Waals surface area contributed by atoms with Crippen LogP contribution in [-0.4, -0.2) is 30.0 Å². The summed E-state index contributed by atoms with van der Waals surface area (Å²) in [4.78, 5) is 4.38. The molecular formula is C14H17N3O3. The van der Waals surface area contributed by atoms with Crippen molar-refractivity contribution >= 4 is 5.69 Å². The highest BCUT2D eigenvalue weighted by atomic mass is 16.6. The largest absolute Gasteiger partial charge is 0.398 e. The van der Waals surface area contributed by atoms with E-state index in [2.05, 4.69) is 10.1 Å². The van der Waals surface area contributed by atoms with E-state index in [1.165, 1.54) is 0 Å². The van der Waals surface area contributed by atoms with Crippen LogP contribution in [-0.2, 0) is 9.47 Å². The molecular weight excluding hydrogens is 258 g/mol. The maximum Gasteiger partial charge on any atom is 0.260 e. The maximum atomic E-state index is 6.09. The van der Waals surface area contributed by atoms with Crippen LogP contribution < -0.4 is 5.73 Å². The molecule has 0 spiro atoms. The number of benzene rings is 1. The van der Waals surface area contributed by atoms with Crippen molar-refractivity contribution in [3.05, 3.63) is 29.1 Å². The summed E-state index contributed by atoms with van der Waals surface area (Å²) in [6.07, 6.45) is -0.270. The highest BCUT2D eigenvalue weighted by Crippen LogP contribution is 2.30. The first-order valence-electron chi connectivity index (χ1n) is 6.55. The summed E-state index contributed by atoms with van der Waals surface area (Å²) in [5.74, 6) is 0.914. The number of aryl methyl sites for hydroxylation is 2. The average molecular weight is 275 g/mol. The van der Waals surface area contributed by atoms with Gasteiger partial charge in [-0.05, 0) is 31.0 Å². The van der Waals surface area contributed by atoms with Gasteiger partial charge in [0.05, 0.1) is 25.4 Å². The molecule has 1 aliphatic rings. The summed E-state index contributed by atoms with van der Waals surface area (Å²) >= 11 is 0. The number of hydrogen-bond acceptors (Lipinski definition) is 6. The van der Waals surface area contributed by atoms with Gasteiger partial charge in [0, 0.05) is 5.69 Å². The van der Waals surface area contributed by atoms with Gasteiger partial charge in [0.1, 0.15) is 6.10 Å². The predicted octanol–water partition coefficient (Wildman–Crippen LogP) is 2.02. The quantitative estimate of drug-likeness (QED) is 0.844. The van der Waals surface area contributed by atoms with Crippen molar-refractivity contribution in [1.29, 1.82) is 0 Å². The SMILES string of the molecule is Cc1cc(C)c(N)c(-c2nc(C3COCCO3)no2)c1. The number of hydrogen-bond donors (Lipinski definition) is 1. The number of aromatic nitrogens is 2. The molecule has 0 aliphatic carbocycles. The first-order valence-corrected chi connectivity index (χ1v) is 6.55. The molecule has 20 heavy (non-hydrogen) atoms. The molecule has 1 unspecified atom stereocenters. The monoisotopic (exact) mass is 275 g/mol. The zero-order valence-corrected chi connectivity index (χ0v) is 11.5. The third kappa shape index (κ3) is 2.39. The van der Waals surface area contributed by atoms with Crippen molar-refractivity contribution in [1.82, 2.24) is 10.1 Å². The van der Waals surface area contributed by atoms with E-state index < -0.39 is 0 Å². The first kappa shape index (κ1) is 13.1. The standard InChI is InChI=1S/C14H17N3O3/c1-8-5-9(2)12(15)10(6-8)14-16-13(17-20-14)11-7-18-3-4-19-11/h5-6,11H,3-4,7,15H2,1-2H3. The van der Waals surface area contributed by atoms with Crippen LogP contribution in [0.4, 0.5) is 5.69 Å². The molecule has 0 radical (unpaired) electrons. The minimum Gasteiger partial charge on any atom is -0.398 e. The Kier molecular flexibility index (Phi) is 3.42. The lowest BCUT2D eigenvalue weighted by Crippen LogP contribution is -2.22. The van der Waals surface area contributed by atoms with E-state index in [4.69, 9.17) is 19.7 Å². The number of ether oxygens (including phenoxy) is 2. The van der Waals surface area contributed by atoms with Crippen LogP contribution in [0.15, 0.2) is 16.7 Å². The van der Waals surface area contributed by atoms with Gasteiger partial charge in [0.15, 0.2) is 0 Å². The minimum atomic E-state index is -0.270. The second-order valence-corrected chi connectivity index (χ2v) is 4.94. The zero-order chi connectivity index (χ0) is 14.1. The van der Waals surface area contributed by atoms with Gasteiger partial charge in [0.25, 0.3) is 5.89 Å². The van der Waals surface area contributed by atoms with Crippen LogP contribution in [0.1, 0.15) is 23.1 Å². The lowest BCUT2D eigenvalue weighted by atomic mass is 10.0. The highest BCUT2D eigenvalue weighted by molar-refractivity contribution is 5.74. The van der Waals surface area contributed by atoms with Crippen LogP contribution in [0.5, 0.6) is 0 Å². The minimum absolute atomic E-state index is 0.270. The van der Waals surface area contributed by atoms with Crippen LogP contribution in [0, 0.1) is 13.8 Å². The predicted molar refractivity (Wildman–Crippen MR) is 73.1 cm³/mol. The van der Waals surface area contributed by atoms with Gasteiger partial charge in [-0.15, -0.1) is 0 Å². The van der Waals surface area contributed by atoms with Gasteiger partial charge in [-0.1, -0.05) is 11.2 Å². The molecule has 0 amide bonds. The molecule has 0 saturated carbocycles. The summed E-state index contributed by atoms with van der Waals surface area (Å²) in [7, 11) is 0. The van der Waals surface area contributed by atoms with Gasteiger partial charge in [0.2, 0.25) is 5.82 Å². The highest BCUT2D eigenvalue weighted by Gasteiger charge is 2.23. The molecule has 2 heterocycles. The topological polar surface area (TPSA) is 83.4 Å². The van der Waals surface area contributed by atoms with Gasteiger partial charge in [-0.2, -0.15) is 4.98 Å². The van der Waals surface area contributed by atoms with Gasteiger partial charge in [-0.3, -0.25) is 0 Å². The number of rotatable bonds is 2.